The van der Waals surface area contributed by atoms with Crippen molar-refractivity contribution < 1.29 is 13.2 Å². The van der Waals surface area contributed by atoms with Crippen molar-refractivity contribution >= 4 is 27.1 Å². The third-order valence-corrected chi connectivity index (χ3v) is 8.14. The molecule has 1 aliphatic heterocycles. The summed E-state index contributed by atoms with van der Waals surface area (Å²) in [7, 11) is -1.52. The summed E-state index contributed by atoms with van der Waals surface area (Å²) in [5, 5.41) is 2.87. The van der Waals surface area contributed by atoms with Gasteiger partial charge < -0.3 is 19.5 Å². The van der Waals surface area contributed by atoms with E-state index in [0.717, 1.165) is 43.1 Å². The second kappa shape index (κ2) is 9.52. The van der Waals surface area contributed by atoms with Crippen LogP contribution in [0.2, 0.25) is 0 Å². The minimum atomic E-state index is -3.62. The molecule has 4 aromatic rings. The molecular weight excluding hydrogens is 462 g/mol. The molecule has 9 heteroatoms. The van der Waals surface area contributed by atoms with Crippen molar-refractivity contribution in [1.29, 1.82) is 0 Å². The number of nitrogens with zero attached hydrogens (tertiary/aromatic N) is 4. The van der Waals surface area contributed by atoms with Crippen LogP contribution < -0.4 is 10.2 Å². The van der Waals surface area contributed by atoms with Crippen molar-refractivity contribution in [1.82, 2.24) is 19.6 Å². The molecule has 0 aliphatic carbocycles. The van der Waals surface area contributed by atoms with Gasteiger partial charge in [0.05, 0.1) is 15.4 Å². The molecular formula is C26H27N5O3S. The van der Waals surface area contributed by atoms with Crippen molar-refractivity contribution in [2.45, 2.75) is 16.3 Å². The van der Waals surface area contributed by atoms with E-state index in [1.165, 1.54) is 0 Å². The van der Waals surface area contributed by atoms with Gasteiger partial charge in [-0.3, -0.25) is 4.79 Å². The second-order valence-corrected chi connectivity index (χ2v) is 10.7. The van der Waals surface area contributed by atoms with Crippen LogP contribution in [-0.4, -0.2) is 61.8 Å². The molecule has 0 unspecified atom stereocenters. The number of likely N-dealkylation sites (N-methyl/N-ethyl adjacent to an activating group) is 1. The molecule has 0 saturated carbocycles. The van der Waals surface area contributed by atoms with Crippen LogP contribution in [0.1, 0.15) is 15.9 Å². The fourth-order valence-corrected chi connectivity index (χ4v) is 5.42. The highest BCUT2D eigenvalue weighted by molar-refractivity contribution is 7.91. The first-order valence-corrected chi connectivity index (χ1v) is 13.0. The van der Waals surface area contributed by atoms with Gasteiger partial charge in [-0.2, -0.15) is 0 Å². The number of nitrogens with one attached hydrogen (secondary N) is 1. The first-order chi connectivity index (χ1) is 16.9. The summed E-state index contributed by atoms with van der Waals surface area (Å²) < 4.78 is 28.0. The number of amides is 1. The van der Waals surface area contributed by atoms with Gasteiger partial charge in [-0.05, 0) is 61.1 Å². The van der Waals surface area contributed by atoms with Gasteiger partial charge in [0.1, 0.15) is 5.65 Å². The lowest BCUT2D eigenvalue weighted by Crippen LogP contribution is -2.44. The number of carbonyl (C=O) groups excluding carboxylic acids is 1. The third-order valence-electron chi connectivity index (χ3n) is 6.35. The highest BCUT2D eigenvalue weighted by Gasteiger charge is 2.19. The fourth-order valence-electron chi connectivity index (χ4n) is 4.16. The number of anilines is 1. The maximum absolute atomic E-state index is 13.1. The van der Waals surface area contributed by atoms with E-state index >= 15 is 0 Å². The van der Waals surface area contributed by atoms with Crippen LogP contribution in [0.15, 0.2) is 89.0 Å². The number of rotatable bonds is 6. The highest BCUT2D eigenvalue weighted by atomic mass is 32.2. The van der Waals surface area contributed by atoms with Gasteiger partial charge in [0.25, 0.3) is 5.91 Å². The Morgan fingerprint density at radius 2 is 1.57 bits per heavy atom. The minimum Gasteiger partial charge on any atom is -0.369 e. The number of piperazine rings is 1. The Balaban J connectivity index is 1.23. The molecule has 35 heavy (non-hydrogen) atoms. The zero-order chi connectivity index (χ0) is 24.4. The smallest absolute Gasteiger partial charge is 0.253 e. The quantitative estimate of drug-likeness (QED) is 0.448. The number of aromatic nitrogens is 2. The van der Waals surface area contributed by atoms with Crippen LogP contribution in [0.3, 0.4) is 0 Å². The van der Waals surface area contributed by atoms with Crippen molar-refractivity contribution in [2.24, 2.45) is 0 Å². The van der Waals surface area contributed by atoms with Gasteiger partial charge in [0, 0.05) is 57.0 Å². The van der Waals surface area contributed by atoms with E-state index < -0.39 is 9.84 Å². The number of pyridine rings is 1. The molecule has 1 aliphatic rings. The van der Waals surface area contributed by atoms with Gasteiger partial charge in [0.2, 0.25) is 9.84 Å². The molecule has 0 radical (unpaired) electrons. The minimum absolute atomic E-state index is 0.210. The molecule has 0 spiro atoms. The lowest BCUT2D eigenvalue weighted by molar-refractivity contribution is 0.0950. The highest BCUT2D eigenvalue weighted by Crippen LogP contribution is 2.24. The fraction of sp³-hybridized carbons (Fsp3) is 0.231. The first-order valence-electron chi connectivity index (χ1n) is 11.5. The monoisotopic (exact) mass is 489 g/mol. The summed E-state index contributed by atoms with van der Waals surface area (Å²) in [6.07, 6.45) is 5.18. The Morgan fingerprint density at radius 3 is 2.26 bits per heavy atom. The Hall–Kier alpha value is -3.69. The van der Waals surface area contributed by atoms with E-state index in [1.54, 1.807) is 71.5 Å². The lowest BCUT2D eigenvalue weighted by atomic mass is 10.2. The predicted molar refractivity (Wildman–Crippen MR) is 134 cm³/mol. The summed E-state index contributed by atoms with van der Waals surface area (Å²) in [6.45, 7) is 4.14. The molecule has 1 amide bonds. The number of imidazole rings is 1. The number of carbonyl (C=O) groups is 1. The molecule has 8 nitrogen and oxygen atoms in total. The van der Waals surface area contributed by atoms with Gasteiger partial charge in [-0.15, -0.1) is 0 Å². The number of sulfone groups is 1. The van der Waals surface area contributed by atoms with Crippen molar-refractivity contribution in [2.75, 3.05) is 38.1 Å². The average Bonchev–Trinajstić information content (AvgIpc) is 3.36. The zero-order valence-corrected chi connectivity index (χ0v) is 20.3. The van der Waals surface area contributed by atoms with Gasteiger partial charge in [-0.1, -0.05) is 12.1 Å². The lowest BCUT2D eigenvalue weighted by Gasteiger charge is -2.34. The maximum Gasteiger partial charge on any atom is 0.253 e. The maximum atomic E-state index is 13.1. The topological polar surface area (TPSA) is 87.0 Å². The van der Waals surface area contributed by atoms with Crippen molar-refractivity contribution in [3.63, 3.8) is 0 Å². The van der Waals surface area contributed by atoms with Crippen LogP contribution in [0.5, 0.6) is 0 Å². The van der Waals surface area contributed by atoms with Gasteiger partial charge in [-0.25, -0.2) is 13.4 Å². The Morgan fingerprint density at radius 1 is 0.914 bits per heavy atom. The van der Waals surface area contributed by atoms with E-state index in [4.69, 9.17) is 0 Å². The van der Waals surface area contributed by atoms with E-state index in [-0.39, 0.29) is 15.7 Å². The molecule has 180 valence electrons. The Labute approximate surface area is 204 Å². The number of fused-ring (bicyclic) bond motifs is 1. The summed E-state index contributed by atoms with van der Waals surface area (Å²) in [4.78, 5) is 21.7. The summed E-state index contributed by atoms with van der Waals surface area (Å²) >= 11 is 0. The van der Waals surface area contributed by atoms with E-state index in [0.29, 0.717) is 12.1 Å². The molecule has 1 saturated heterocycles. The molecule has 3 heterocycles. The molecule has 2 aromatic heterocycles. The van der Waals surface area contributed by atoms with Crippen molar-refractivity contribution in [3.8, 4) is 0 Å². The van der Waals surface area contributed by atoms with Crippen molar-refractivity contribution in [3.05, 3.63) is 90.4 Å². The Bertz CT molecular complexity index is 1440. The van der Waals surface area contributed by atoms with E-state index in [9.17, 15) is 13.2 Å². The standard InChI is InChI=1S/C26H27N5O3S/c1-29-14-16-30(17-15-29)22-5-9-24(10-6-22)35(33,34)23-7-2-20(3-8-23)18-28-26(32)21-4-11-25-27-12-13-31(25)19-21/h2-13,19H,14-18H2,1H3,(H,28,32). The van der Waals surface area contributed by atoms with E-state index in [1.807, 2.05) is 12.1 Å². The van der Waals surface area contributed by atoms with Crippen LogP contribution >= 0.6 is 0 Å². The summed E-state index contributed by atoms with van der Waals surface area (Å²) in [5.74, 6) is -0.210. The molecule has 0 bridgehead atoms. The molecule has 5 rings (SSSR count). The normalized spacial score (nSPS) is 14.8. The van der Waals surface area contributed by atoms with Gasteiger partial charge >= 0.3 is 0 Å². The summed E-state index contributed by atoms with van der Waals surface area (Å²) in [6, 6.07) is 17.2. The first kappa shape index (κ1) is 23.1. The van der Waals surface area contributed by atoms with Crippen LogP contribution in [-0.2, 0) is 16.4 Å². The average molecular weight is 490 g/mol. The van der Waals surface area contributed by atoms with Crippen LogP contribution in [0, 0.1) is 0 Å². The zero-order valence-electron chi connectivity index (χ0n) is 19.5. The Kier molecular flexibility index (Phi) is 6.27. The molecule has 2 aromatic carbocycles. The second-order valence-electron chi connectivity index (χ2n) is 8.72. The third kappa shape index (κ3) is 4.91. The number of hydrogen-bond acceptors (Lipinski definition) is 6. The molecule has 0 atom stereocenters. The molecule has 1 N–H and O–H groups in total. The molecule has 1 fully saturated rings. The predicted octanol–water partition coefficient (Wildman–Crippen LogP) is 2.85. The largest absolute Gasteiger partial charge is 0.369 e. The van der Waals surface area contributed by atoms with Crippen LogP contribution in [0.25, 0.3) is 5.65 Å². The number of hydrogen-bond donors (Lipinski definition) is 1. The number of benzene rings is 2. The van der Waals surface area contributed by atoms with Crippen LogP contribution in [0.4, 0.5) is 5.69 Å². The van der Waals surface area contributed by atoms with E-state index in [2.05, 4.69) is 27.1 Å². The SMILES string of the molecule is CN1CCN(c2ccc(S(=O)(=O)c3ccc(CNC(=O)c4ccc5nccn5c4)cc3)cc2)CC1. The van der Waals surface area contributed by atoms with Gasteiger partial charge in [0.15, 0.2) is 0 Å². The summed E-state index contributed by atoms with van der Waals surface area (Å²) in [5.41, 5.74) is 3.14.